The van der Waals surface area contributed by atoms with Gasteiger partial charge in [0.1, 0.15) is 6.10 Å². The summed E-state index contributed by atoms with van der Waals surface area (Å²) in [4.78, 5) is 0. The van der Waals surface area contributed by atoms with Crippen LogP contribution in [-0.4, -0.2) is 44.4 Å². The van der Waals surface area contributed by atoms with Crippen LogP contribution in [0, 0.1) is 5.92 Å². The molecule has 0 saturated carbocycles. The van der Waals surface area contributed by atoms with Crippen LogP contribution in [-0.2, 0) is 18.9 Å². The standard InChI is InChI=1S/C15H30O4/c1-7-17-13-10-15(5,16-6)14(12(4)19-13)18-9-8-11(2)3/h11-14H,7-10H2,1-6H3/t12-,13-,14-,15+/m0/s1. The molecule has 19 heavy (non-hydrogen) atoms. The molecule has 0 unspecified atom stereocenters. The fraction of sp³-hybridized carbons (Fsp3) is 1.00. The maximum absolute atomic E-state index is 6.03. The minimum absolute atomic E-state index is 0.0255. The van der Waals surface area contributed by atoms with Gasteiger partial charge in [-0.25, -0.2) is 0 Å². The second-order valence-corrected chi connectivity index (χ2v) is 5.92. The lowest BCUT2D eigenvalue weighted by atomic mass is 9.88. The predicted octanol–water partition coefficient (Wildman–Crippen LogP) is 2.99. The van der Waals surface area contributed by atoms with E-state index in [0.717, 1.165) is 13.0 Å². The molecule has 4 atom stereocenters. The summed E-state index contributed by atoms with van der Waals surface area (Å²) >= 11 is 0. The Morgan fingerprint density at radius 3 is 2.53 bits per heavy atom. The van der Waals surface area contributed by atoms with Crippen LogP contribution in [0.15, 0.2) is 0 Å². The van der Waals surface area contributed by atoms with Crippen molar-refractivity contribution in [3.63, 3.8) is 0 Å². The van der Waals surface area contributed by atoms with Gasteiger partial charge < -0.3 is 18.9 Å². The summed E-state index contributed by atoms with van der Waals surface area (Å²) in [6.07, 6.45) is 1.48. The molecule has 0 amide bonds. The van der Waals surface area contributed by atoms with E-state index >= 15 is 0 Å². The van der Waals surface area contributed by atoms with Crippen LogP contribution in [0.4, 0.5) is 0 Å². The largest absolute Gasteiger partial charge is 0.376 e. The second kappa shape index (κ2) is 7.58. The summed E-state index contributed by atoms with van der Waals surface area (Å²) in [7, 11) is 1.74. The van der Waals surface area contributed by atoms with Crippen LogP contribution in [0.2, 0.25) is 0 Å². The monoisotopic (exact) mass is 274 g/mol. The van der Waals surface area contributed by atoms with Crippen molar-refractivity contribution in [2.75, 3.05) is 20.3 Å². The average Bonchev–Trinajstić information content (AvgIpc) is 2.33. The first-order valence-electron chi connectivity index (χ1n) is 7.36. The molecule has 0 aromatic heterocycles. The van der Waals surface area contributed by atoms with Crippen LogP contribution < -0.4 is 0 Å². The van der Waals surface area contributed by atoms with Crippen molar-refractivity contribution in [1.82, 2.24) is 0 Å². The molecule has 1 aliphatic rings. The maximum atomic E-state index is 6.03. The van der Waals surface area contributed by atoms with Gasteiger partial charge >= 0.3 is 0 Å². The van der Waals surface area contributed by atoms with Gasteiger partial charge in [0.05, 0.1) is 11.7 Å². The Hall–Kier alpha value is -0.160. The molecule has 114 valence electrons. The molecule has 1 saturated heterocycles. The van der Waals surface area contributed by atoms with Gasteiger partial charge in [0.25, 0.3) is 0 Å². The minimum atomic E-state index is -0.353. The smallest absolute Gasteiger partial charge is 0.160 e. The van der Waals surface area contributed by atoms with Gasteiger partial charge in [0.2, 0.25) is 0 Å². The number of ether oxygens (including phenoxy) is 4. The lowest BCUT2D eigenvalue weighted by Gasteiger charge is -2.46. The van der Waals surface area contributed by atoms with Gasteiger partial charge in [-0.3, -0.25) is 0 Å². The third kappa shape index (κ3) is 4.71. The number of methoxy groups -OCH3 is 1. The maximum Gasteiger partial charge on any atom is 0.160 e. The van der Waals surface area contributed by atoms with Gasteiger partial charge in [-0.15, -0.1) is 0 Å². The average molecular weight is 274 g/mol. The fourth-order valence-corrected chi connectivity index (χ4v) is 2.53. The zero-order valence-corrected chi connectivity index (χ0v) is 13.3. The summed E-state index contributed by atoms with van der Waals surface area (Å²) in [5, 5.41) is 0. The van der Waals surface area contributed by atoms with Crippen LogP contribution in [0.25, 0.3) is 0 Å². The Morgan fingerprint density at radius 2 is 2.00 bits per heavy atom. The van der Waals surface area contributed by atoms with Gasteiger partial charge in [-0.1, -0.05) is 13.8 Å². The molecule has 0 aromatic rings. The molecule has 0 spiro atoms. The quantitative estimate of drug-likeness (QED) is 0.715. The highest BCUT2D eigenvalue weighted by Gasteiger charge is 2.46. The number of hydrogen-bond donors (Lipinski definition) is 0. The van der Waals surface area contributed by atoms with Gasteiger partial charge in [-0.2, -0.15) is 0 Å². The SMILES string of the molecule is CCO[C@@H]1C[C@@](C)(OC)[C@@H](OCCC(C)C)[C@H](C)O1. The Balaban J connectivity index is 2.62. The van der Waals surface area contributed by atoms with Crippen molar-refractivity contribution in [2.24, 2.45) is 5.92 Å². The Bertz CT molecular complexity index is 257. The van der Waals surface area contributed by atoms with Crippen LogP contribution in [0.5, 0.6) is 0 Å². The molecule has 0 aromatic carbocycles. The van der Waals surface area contributed by atoms with E-state index < -0.39 is 0 Å². The third-order valence-electron chi connectivity index (χ3n) is 3.78. The predicted molar refractivity (Wildman–Crippen MR) is 75.2 cm³/mol. The third-order valence-corrected chi connectivity index (χ3v) is 3.78. The highest BCUT2D eigenvalue weighted by atomic mass is 16.7. The van der Waals surface area contributed by atoms with Crippen molar-refractivity contribution in [3.05, 3.63) is 0 Å². The van der Waals surface area contributed by atoms with E-state index in [4.69, 9.17) is 18.9 Å². The first-order valence-corrected chi connectivity index (χ1v) is 7.36. The Morgan fingerprint density at radius 1 is 1.32 bits per heavy atom. The number of hydrogen-bond acceptors (Lipinski definition) is 4. The first-order chi connectivity index (χ1) is 8.92. The number of rotatable bonds is 7. The van der Waals surface area contributed by atoms with Crippen LogP contribution >= 0.6 is 0 Å². The van der Waals surface area contributed by atoms with Crippen molar-refractivity contribution in [3.8, 4) is 0 Å². The Labute approximate surface area is 117 Å². The van der Waals surface area contributed by atoms with Gasteiger partial charge in [0, 0.05) is 26.7 Å². The van der Waals surface area contributed by atoms with E-state index in [9.17, 15) is 0 Å². The molecule has 1 aliphatic heterocycles. The van der Waals surface area contributed by atoms with E-state index in [1.54, 1.807) is 7.11 Å². The van der Waals surface area contributed by atoms with Crippen molar-refractivity contribution in [1.29, 1.82) is 0 Å². The molecule has 1 rings (SSSR count). The van der Waals surface area contributed by atoms with Crippen molar-refractivity contribution >= 4 is 0 Å². The van der Waals surface area contributed by atoms with E-state index in [1.165, 1.54) is 0 Å². The first kappa shape index (κ1) is 16.9. The molecule has 0 N–H and O–H groups in total. The van der Waals surface area contributed by atoms with Gasteiger partial charge in [-0.05, 0) is 33.1 Å². The van der Waals surface area contributed by atoms with E-state index in [0.29, 0.717) is 18.9 Å². The van der Waals surface area contributed by atoms with E-state index in [2.05, 4.69) is 20.8 Å². The zero-order chi connectivity index (χ0) is 14.5. The zero-order valence-electron chi connectivity index (χ0n) is 13.3. The highest BCUT2D eigenvalue weighted by molar-refractivity contribution is 4.93. The summed E-state index contributed by atoms with van der Waals surface area (Å²) in [5.41, 5.74) is -0.353. The molecule has 4 heteroatoms. The molecule has 0 bridgehead atoms. The summed E-state index contributed by atoms with van der Waals surface area (Å²) in [6.45, 7) is 11.9. The highest BCUT2D eigenvalue weighted by Crippen LogP contribution is 2.34. The summed E-state index contributed by atoms with van der Waals surface area (Å²) in [6, 6.07) is 0. The summed E-state index contributed by atoms with van der Waals surface area (Å²) < 4.78 is 23.2. The van der Waals surface area contributed by atoms with E-state index in [1.807, 2.05) is 13.8 Å². The van der Waals surface area contributed by atoms with Crippen LogP contribution in [0.1, 0.15) is 47.5 Å². The summed E-state index contributed by atoms with van der Waals surface area (Å²) in [5.74, 6) is 0.643. The molecular weight excluding hydrogens is 244 g/mol. The minimum Gasteiger partial charge on any atom is -0.376 e. The van der Waals surface area contributed by atoms with Crippen molar-refractivity contribution in [2.45, 2.75) is 71.6 Å². The Kier molecular flexibility index (Phi) is 6.74. The van der Waals surface area contributed by atoms with Crippen LogP contribution in [0.3, 0.4) is 0 Å². The molecule has 4 nitrogen and oxygen atoms in total. The molecule has 1 heterocycles. The molecule has 0 aliphatic carbocycles. The van der Waals surface area contributed by atoms with E-state index in [-0.39, 0.29) is 24.1 Å². The fourth-order valence-electron chi connectivity index (χ4n) is 2.53. The normalized spacial score (nSPS) is 35.8. The molecular formula is C15H30O4. The lowest BCUT2D eigenvalue weighted by Crippen LogP contribution is -2.57. The van der Waals surface area contributed by atoms with Gasteiger partial charge in [0.15, 0.2) is 6.29 Å². The second-order valence-electron chi connectivity index (χ2n) is 5.92. The molecule has 0 radical (unpaired) electrons. The topological polar surface area (TPSA) is 36.9 Å². The molecule has 1 fully saturated rings. The lowest BCUT2D eigenvalue weighted by molar-refractivity contribution is -0.286. The van der Waals surface area contributed by atoms with Crippen molar-refractivity contribution < 1.29 is 18.9 Å².